The van der Waals surface area contributed by atoms with Gasteiger partial charge in [0.25, 0.3) is 0 Å². The predicted molar refractivity (Wildman–Crippen MR) is 67.5 cm³/mol. The molecule has 0 aliphatic carbocycles. The molecule has 96 valence electrons. The molecule has 0 saturated carbocycles. The molecule has 0 bridgehead atoms. The molecule has 0 aliphatic heterocycles. The van der Waals surface area contributed by atoms with Gasteiger partial charge < -0.3 is 20.4 Å². The summed E-state index contributed by atoms with van der Waals surface area (Å²) in [5.74, 6) is 1.37. The first kappa shape index (κ1) is 13.9. The minimum Gasteiger partial charge on any atom is -0.394 e. The molecule has 8 heteroatoms. The number of anilines is 2. The zero-order valence-electron chi connectivity index (χ0n) is 10.1. The van der Waals surface area contributed by atoms with Gasteiger partial charge >= 0.3 is 0 Å². The van der Waals surface area contributed by atoms with E-state index in [1.54, 1.807) is 11.9 Å². The molecule has 3 N–H and O–H groups in total. The van der Waals surface area contributed by atoms with E-state index >= 15 is 0 Å². The van der Waals surface area contributed by atoms with Gasteiger partial charge in [-0.2, -0.15) is 15.0 Å². The van der Waals surface area contributed by atoms with E-state index in [2.05, 4.69) is 20.3 Å². The van der Waals surface area contributed by atoms with Crippen LogP contribution in [0.3, 0.4) is 0 Å². The van der Waals surface area contributed by atoms with Crippen LogP contribution < -0.4 is 10.2 Å². The van der Waals surface area contributed by atoms with Crippen molar-refractivity contribution in [2.45, 2.75) is 11.3 Å². The lowest BCUT2D eigenvalue weighted by atomic mass is 10.4. The average Bonchev–Trinajstić information content (AvgIpc) is 2.35. The Morgan fingerprint density at radius 2 is 2.06 bits per heavy atom. The van der Waals surface area contributed by atoms with Gasteiger partial charge in [0.15, 0.2) is 5.16 Å². The summed E-state index contributed by atoms with van der Waals surface area (Å²) < 4.78 is 0. The average molecular weight is 259 g/mol. The van der Waals surface area contributed by atoms with Crippen LogP contribution in [-0.4, -0.2) is 64.8 Å². The zero-order valence-corrected chi connectivity index (χ0v) is 10.9. The highest BCUT2D eigenvalue weighted by molar-refractivity contribution is 7.99. The summed E-state index contributed by atoms with van der Waals surface area (Å²) in [6, 6.07) is 0. The highest BCUT2D eigenvalue weighted by Crippen LogP contribution is 2.18. The molecule has 0 aliphatic rings. The van der Waals surface area contributed by atoms with Gasteiger partial charge in [-0.1, -0.05) is 11.8 Å². The Balaban J connectivity index is 2.80. The smallest absolute Gasteiger partial charge is 0.230 e. The summed E-state index contributed by atoms with van der Waals surface area (Å²) in [7, 11) is 5.41. The van der Waals surface area contributed by atoms with Crippen LogP contribution in [0.5, 0.6) is 0 Å². The van der Waals surface area contributed by atoms with Crippen molar-refractivity contribution in [2.24, 2.45) is 0 Å². The first-order valence-electron chi connectivity index (χ1n) is 5.09. The van der Waals surface area contributed by atoms with Gasteiger partial charge in [0.05, 0.1) is 12.7 Å². The second-order valence-electron chi connectivity index (χ2n) is 3.53. The lowest BCUT2D eigenvalue weighted by Crippen LogP contribution is -2.17. The number of aliphatic hydroxyl groups is 2. The van der Waals surface area contributed by atoms with Crippen molar-refractivity contribution in [1.82, 2.24) is 15.0 Å². The van der Waals surface area contributed by atoms with Crippen LogP contribution >= 0.6 is 11.8 Å². The van der Waals surface area contributed by atoms with E-state index in [-0.39, 0.29) is 6.61 Å². The summed E-state index contributed by atoms with van der Waals surface area (Å²) in [6.45, 7) is -0.266. The summed E-state index contributed by atoms with van der Waals surface area (Å²) in [6.07, 6.45) is -0.766. The number of thioether (sulfide) groups is 1. The van der Waals surface area contributed by atoms with Crippen molar-refractivity contribution >= 4 is 23.7 Å². The fraction of sp³-hybridized carbons (Fsp3) is 0.667. The first-order valence-corrected chi connectivity index (χ1v) is 6.08. The Morgan fingerprint density at radius 3 is 2.59 bits per heavy atom. The number of nitrogens with zero attached hydrogens (tertiary/aromatic N) is 4. The third-order valence-electron chi connectivity index (χ3n) is 1.84. The molecule has 0 fully saturated rings. The highest BCUT2D eigenvalue weighted by atomic mass is 32.2. The molecule has 7 nitrogen and oxygen atoms in total. The molecule has 0 amide bonds. The van der Waals surface area contributed by atoms with Crippen LogP contribution in [0.2, 0.25) is 0 Å². The Morgan fingerprint density at radius 1 is 1.35 bits per heavy atom. The molecular formula is C9H17N5O2S. The van der Waals surface area contributed by atoms with Crippen molar-refractivity contribution < 1.29 is 10.2 Å². The Labute approximate surface area is 104 Å². The fourth-order valence-electron chi connectivity index (χ4n) is 0.946. The molecular weight excluding hydrogens is 242 g/mol. The van der Waals surface area contributed by atoms with Gasteiger partial charge in [-0.25, -0.2) is 0 Å². The third-order valence-corrected chi connectivity index (χ3v) is 2.83. The molecule has 17 heavy (non-hydrogen) atoms. The van der Waals surface area contributed by atoms with E-state index < -0.39 is 6.10 Å². The maximum absolute atomic E-state index is 9.26. The highest BCUT2D eigenvalue weighted by Gasteiger charge is 2.10. The topological polar surface area (TPSA) is 94.4 Å². The summed E-state index contributed by atoms with van der Waals surface area (Å²) >= 11 is 1.28. The molecule has 0 radical (unpaired) electrons. The second-order valence-corrected chi connectivity index (χ2v) is 4.52. The minimum absolute atomic E-state index is 0.266. The van der Waals surface area contributed by atoms with Crippen LogP contribution in [0.25, 0.3) is 0 Å². The molecule has 1 atom stereocenters. The maximum Gasteiger partial charge on any atom is 0.230 e. The Hall–Kier alpha value is -1.12. The SMILES string of the molecule is CNc1nc(SCC(O)CO)nc(N(C)C)n1. The Kier molecular flexibility index (Phi) is 5.39. The van der Waals surface area contributed by atoms with Gasteiger partial charge in [-0.05, 0) is 0 Å². The molecule has 1 rings (SSSR count). The van der Waals surface area contributed by atoms with Crippen molar-refractivity contribution in [1.29, 1.82) is 0 Å². The number of rotatable bonds is 6. The molecule has 0 aromatic carbocycles. The third kappa shape index (κ3) is 4.33. The van der Waals surface area contributed by atoms with Crippen LogP contribution in [-0.2, 0) is 0 Å². The van der Waals surface area contributed by atoms with E-state index in [0.717, 1.165) is 0 Å². The van der Waals surface area contributed by atoms with Crippen molar-refractivity contribution in [3.05, 3.63) is 0 Å². The minimum atomic E-state index is -0.766. The van der Waals surface area contributed by atoms with E-state index in [1.807, 2.05) is 14.1 Å². The number of aliphatic hydroxyl groups excluding tert-OH is 2. The Bertz CT molecular complexity index is 363. The quantitative estimate of drug-likeness (QED) is 0.584. The van der Waals surface area contributed by atoms with Crippen molar-refractivity contribution in [3.63, 3.8) is 0 Å². The van der Waals surface area contributed by atoms with Gasteiger partial charge in [-0.3, -0.25) is 0 Å². The fourth-order valence-corrected chi connectivity index (χ4v) is 1.69. The molecule has 1 heterocycles. The van der Waals surface area contributed by atoms with Crippen LogP contribution in [0.15, 0.2) is 5.16 Å². The monoisotopic (exact) mass is 259 g/mol. The van der Waals surface area contributed by atoms with E-state index in [4.69, 9.17) is 5.11 Å². The van der Waals surface area contributed by atoms with Crippen molar-refractivity contribution in [3.8, 4) is 0 Å². The summed E-state index contributed by atoms with van der Waals surface area (Å²) in [4.78, 5) is 14.3. The van der Waals surface area contributed by atoms with Gasteiger partial charge in [0, 0.05) is 26.9 Å². The van der Waals surface area contributed by atoms with Gasteiger partial charge in [0.2, 0.25) is 11.9 Å². The standard InChI is InChI=1S/C9H17N5O2S/c1-10-7-11-8(14(2)3)13-9(12-7)17-5-6(16)4-15/h6,15-16H,4-5H2,1-3H3,(H,10,11,12,13). The summed E-state index contributed by atoms with van der Waals surface area (Å²) in [5, 5.41) is 21.3. The van der Waals surface area contributed by atoms with Crippen LogP contribution in [0.4, 0.5) is 11.9 Å². The lowest BCUT2D eigenvalue weighted by Gasteiger charge is -2.12. The number of aromatic nitrogens is 3. The van der Waals surface area contributed by atoms with Crippen LogP contribution in [0.1, 0.15) is 0 Å². The van der Waals surface area contributed by atoms with E-state index in [0.29, 0.717) is 22.8 Å². The lowest BCUT2D eigenvalue weighted by molar-refractivity contribution is 0.113. The van der Waals surface area contributed by atoms with E-state index in [1.165, 1.54) is 11.8 Å². The van der Waals surface area contributed by atoms with Gasteiger partial charge in [0.1, 0.15) is 0 Å². The first-order chi connectivity index (χ1) is 8.06. The number of hydrogen-bond acceptors (Lipinski definition) is 8. The number of hydrogen-bond donors (Lipinski definition) is 3. The second kappa shape index (κ2) is 6.58. The van der Waals surface area contributed by atoms with Crippen LogP contribution in [0, 0.1) is 0 Å². The summed E-state index contributed by atoms with van der Waals surface area (Å²) in [5.41, 5.74) is 0. The van der Waals surface area contributed by atoms with Gasteiger partial charge in [-0.15, -0.1) is 0 Å². The molecule has 1 aromatic heterocycles. The van der Waals surface area contributed by atoms with E-state index in [9.17, 15) is 5.11 Å². The predicted octanol–water partition coefficient (Wildman–Crippen LogP) is -0.575. The zero-order chi connectivity index (χ0) is 12.8. The molecule has 0 saturated heterocycles. The molecule has 0 spiro atoms. The molecule has 1 unspecified atom stereocenters. The largest absolute Gasteiger partial charge is 0.394 e. The maximum atomic E-state index is 9.26. The number of nitrogens with one attached hydrogen (secondary N) is 1. The van der Waals surface area contributed by atoms with Crippen molar-refractivity contribution in [2.75, 3.05) is 43.7 Å². The molecule has 1 aromatic rings. The normalized spacial score (nSPS) is 12.3.